The second-order valence-electron chi connectivity index (χ2n) is 7.69. The Kier molecular flexibility index (Phi) is 9.77. The van der Waals surface area contributed by atoms with E-state index in [1.165, 1.54) is 4.90 Å². The SMILES string of the molecule is CCN1CCN(C(=O)NC(C(=O)N[C@@H]2C(=O)N(OCC(=O)O)[C@H]2C)c2ccccc2)C(=O)C1=O.[NaH]. The van der Waals surface area contributed by atoms with E-state index in [-0.39, 0.29) is 42.6 Å². The first-order chi connectivity index (χ1) is 16.1. The molecule has 1 aromatic carbocycles. The van der Waals surface area contributed by atoms with Gasteiger partial charge in [0.2, 0.25) is 5.91 Å². The summed E-state index contributed by atoms with van der Waals surface area (Å²) in [4.78, 5) is 80.3. The molecule has 3 N–H and O–H groups in total. The third-order valence-electron chi connectivity index (χ3n) is 5.56. The number of rotatable bonds is 8. The molecule has 0 bridgehead atoms. The van der Waals surface area contributed by atoms with Crippen LogP contribution < -0.4 is 10.6 Å². The van der Waals surface area contributed by atoms with E-state index in [9.17, 15) is 28.8 Å². The Balaban J connectivity index is 0.00000432. The van der Waals surface area contributed by atoms with Crippen molar-refractivity contribution in [1.82, 2.24) is 25.5 Å². The van der Waals surface area contributed by atoms with Crippen LogP contribution in [-0.4, -0.2) is 123 Å². The molecule has 3 atom stereocenters. The molecule has 1 aromatic rings. The third-order valence-corrected chi connectivity index (χ3v) is 5.56. The van der Waals surface area contributed by atoms with Crippen LogP contribution >= 0.6 is 0 Å². The first-order valence-electron chi connectivity index (χ1n) is 10.6. The van der Waals surface area contributed by atoms with Crippen LogP contribution in [0.1, 0.15) is 25.5 Å². The molecule has 35 heavy (non-hydrogen) atoms. The average Bonchev–Trinajstić information content (AvgIpc) is 2.82. The molecule has 2 heterocycles. The summed E-state index contributed by atoms with van der Waals surface area (Å²) >= 11 is 0. The standard InChI is InChI=1S/C21H25N5O8.Na.H/c1-3-24-9-10-25(20(32)19(24)31)21(33)23-16(13-7-5-4-6-8-13)17(29)22-15-12(2)26(18(15)30)34-11-14(27)28;;/h4-8,12,15-16H,3,9-11H2,1-2H3,(H,22,29)(H,23,33)(H,27,28);;/t12-,15-,16?;;/m0../s1. The summed E-state index contributed by atoms with van der Waals surface area (Å²) in [5, 5.41) is 14.5. The summed E-state index contributed by atoms with van der Waals surface area (Å²) in [6.07, 6.45) is 0. The first kappa shape index (κ1) is 28.2. The van der Waals surface area contributed by atoms with Crippen molar-refractivity contribution in [3.05, 3.63) is 35.9 Å². The van der Waals surface area contributed by atoms with Gasteiger partial charge < -0.3 is 20.6 Å². The van der Waals surface area contributed by atoms with Gasteiger partial charge in [-0.05, 0) is 19.4 Å². The van der Waals surface area contributed by atoms with Gasteiger partial charge in [0.25, 0.3) is 5.91 Å². The Labute approximate surface area is 223 Å². The zero-order valence-electron chi connectivity index (χ0n) is 18.6. The molecular weight excluding hydrogens is 473 g/mol. The van der Waals surface area contributed by atoms with Crippen LogP contribution in [0, 0.1) is 0 Å². The third kappa shape index (κ3) is 6.17. The Hall–Kier alpha value is -3.00. The fraction of sp³-hybridized carbons (Fsp3) is 0.429. The number of nitrogens with zero attached hydrogens (tertiary/aromatic N) is 3. The predicted octanol–water partition coefficient (Wildman–Crippen LogP) is -1.79. The molecule has 14 heteroatoms. The van der Waals surface area contributed by atoms with Crippen molar-refractivity contribution in [3.63, 3.8) is 0 Å². The predicted molar refractivity (Wildman–Crippen MR) is 121 cm³/mol. The minimum atomic E-state index is -1.27. The molecule has 2 aliphatic rings. The van der Waals surface area contributed by atoms with Crippen molar-refractivity contribution in [3.8, 4) is 0 Å². The van der Waals surface area contributed by atoms with Crippen LogP contribution in [0.5, 0.6) is 0 Å². The van der Waals surface area contributed by atoms with Gasteiger partial charge in [-0.2, -0.15) is 0 Å². The van der Waals surface area contributed by atoms with Gasteiger partial charge in [-0.15, -0.1) is 0 Å². The number of piperazine rings is 1. The number of carboxylic acids is 1. The molecule has 2 saturated heterocycles. The monoisotopic (exact) mass is 499 g/mol. The number of imide groups is 1. The molecule has 1 unspecified atom stereocenters. The summed E-state index contributed by atoms with van der Waals surface area (Å²) in [7, 11) is 0. The van der Waals surface area contributed by atoms with Gasteiger partial charge in [0.05, 0.1) is 6.04 Å². The van der Waals surface area contributed by atoms with Crippen molar-refractivity contribution < 1.29 is 38.7 Å². The van der Waals surface area contributed by atoms with Gasteiger partial charge in [-0.3, -0.25) is 28.9 Å². The molecule has 184 valence electrons. The molecule has 13 nitrogen and oxygen atoms in total. The Morgan fingerprint density at radius 3 is 2.34 bits per heavy atom. The van der Waals surface area contributed by atoms with E-state index in [0.29, 0.717) is 12.1 Å². The normalized spacial score (nSPS) is 20.5. The number of carbonyl (C=O) groups excluding carboxylic acids is 5. The molecule has 0 aliphatic carbocycles. The molecular formula is C21H26N5NaO8. The van der Waals surface area contributed by atoms with E-state index < -0.39 is 60.4 Å². The topological polar surface area (TPSA) is 166 Å². The number of carboxylic acid groups (broad SMARTS) is 1. The summed E-state index contributed by atoms with van der Waals surface area (Å²) in [5.74, 6) is -4.43. The van der Waals surface area contributed by atoms with E-state index >= 15 is 0 Å². The van der Waals surface area contributed by atoms with Crippen molar-refractivity contribution in [2.45, 2.75) is 32.0 Å². The molecule has 3 rings (SSSR count). The van der Waals surface area contributed by atoms with Gasteiger partial charge in [-0.25, -0.2) is 14.7 Å². The van der Waals surface area contributed by atoms with Crippen LogP contribution in [0.4, 0.5) is 4.79 Å². The second-order valence-corrected chi connectivity index (χ2v) is 7.69. The number of amides is 6. The Morgan fingerprint density at radius 1 is 1.11 bits per heavy atom. The van der Waals surface area contributed by atoms with Crippen LogP contribution in [0.2, 0.25) is 0 Å². The number of benzene rings is 1. The number of urea groups is 1. The number of β-lactam (4-membered cyclic amide) rings is 1. The van der Waals surface area contributed by atoms with E-state index in [1.54, 1.807) is 44.2 Å². The molecule has 0 saturated carbocycles. The number of hydrogen-bond acceptors (Lipinski definition) is 7. The fourth-order valence-electron chi connectivity index (χ4n) is 3.64. The molecule has 2 aliphatic heterocycles. The van der Waals surface area contributed by atoms with Crippen LogP contribution in [-0.2, 0) is 28.8 Å². The van der Waals surface area contributed by atoms with E-state index in [4.69, 9.17) is 9.94 Å². The molecule has 2 fully saturated rings. The second kappa shape index (κ2) is 12.1. The summed E-state index contributed by atoms with van der Waals surface area (Å²) in [6.45, 7) is 3.04. The summed E-state index contributed by atoms with van der Waals surface area (Å²) < 4.78 is 0. The first-order valence-corrected chi connectivity index (χ1v) is 10.6. The van der Waals surface area contributed by atoms with E-state index in [0.717, 1.165) is 9.96 Å². The van der Waals surface area contributed by atoms with Crippen LogP contribution in [0.15, 0.2) is 30.3 Å². The zero-order valence-corrected chi connectivity index (χ0v) is 18.6. The molecule has 0 spiro atoms. The summed E-state index contributed by atoms with van der Waals surface area (Å²) in [5.41, 5.74) is 0.387. The number of aliphatic carboxylic acids is 1. The van der Waals surface area contributed by atoms with Gasteiger partial charge in [0.1, 0.15) is 12.1 Å². The van der Waals surface area contributed by atoms with Crippen LogP contribution in [0.25, 0.3) is 0 Å². The number of carbonyl (C=O) groups is 6. The van der Waals surface area contributed by atoms with Crippen molar-refractivity contribution in [2.75, 3.05) is 26.2 Å². The molecule has 6 amide bonds. The van der Waals surface area contributed by atoms with E-state index in [1.807, 2.05) is 0 Å². The molecule has 0 radical (unpaired) electrons. The number of hydrogen-bond donors (Lipinski definition) is 3. The fourth-order valence-corrected chi connectivity index (χ4v) is 3.64. The minimum absolute atomic E-state index is 0. The zero-order chi connectivity index (χ0) is 25.0. The number of hydroxylamine groups is 2. The number of likely N-dealkylation sites (N-methyl/N-ethyl adjacent to an activating group) is 1. The quantitative estimate of drug-likeness (QED) is 0.214. The van der Waals surface area contributed by atoms with Gasteiger partial charge in [0.15, 0.2) is 6.61 Å². The summed E-state index contributed by atoms with van der Waals surface area (Å²) in [6, 6.07) is 4.34. The van der Waals surface area contributed by atoms with E-state index in [2.05, 4.69) is 10.6 Å². The van der Waals surface area contributed by atoms with Gasteiger partial charge in [0, 0.05) is 19.6 Å². The van der Waals surface area contributed by atoms with Crippen LogP contribution in [0.3, 0.4) is 0 Å². The maximum atomic E-state index is 13.1. The van der Waals surface area contributed by atoms with Gasteiger partial charge in [-0.1, -0.05) is 30.3 Å². The Bertz CT molecular complexity index is 1010. The maximum absolute atomic E-state index is 13.1. The van der Waals surface area contributed by atoms with Crippen molar-refractivity contribution >= 4 is 65.2 Å². The van der Waals surface area contributed by atoms with Crippen molar-refractivity contribution in [1.29, 1.82) is 0 Å². The Morgan fingerprint density at radius 2 is 1.77 bits per heavy atom. The number of nitrogens with one attached hydrogen (secondary N) is 2. The van der Waals surface area contributed by atoms with Gasteiger partial charge >= 0.3 is 53.4 Å². The average molecular weight is 499 g/mol. The molecule has 0 aromatic heterocycles. The van der Waals surface area contributed by atoms with Crippen molar-refractivity contribution in [2.24, 2.45) is 0 Å².